The van der Waals surface area contributed by atoms with Gasteiger partial charge in [0.15, 0.2) is 0 Å². The maximum absolute atomic E-state index is 13.0. The Bertz CT molecular complexity index is 1690. The summed E-state index contributed by atoms with van der Waals surface area (Å²) in [7, 11) is -5.44. The van der Waals surface area contributed by atoms with Gasteiger partial charge in [-0.1, -0.05) is 59.6 Å². The van der Waals surface area contributed by atoms with Crippen LogP contribution in [0.2, 0.25) is 10.0 Å². The normalized spacial score (nSPS) is 15.1. The van der Waals surface area contributed by atoms with Crippen LogP contribution in [0.3, 0.4) is 0 Å². The lowest BCUT2D eigenvalue weighted by Crippen LogP contribution is -2.42. The van der Waals surface area contributed by atoms with E-state index in [4.69, 9.17) is 23.2 Å². The molecule has 0 saturated carbocycles. The van der Waals surface area contributed by atoms with Crippen molar-refractivity contribution >= 4 is 49.7 Å². The predicted octanol–water partition coefficient (Wildman–Crippen LogP) is 6.95. The summed E-state index contributed by atoms with van der Waals surface area (Å²) in [4.78, 5) is 15.3. The van der Waals surface area contributed by atoms with Crippen molar-refractivity contribution in [3.63, 3.8) is 0 Å². The summed E-state index contributed by atoms with van der Waals surface area (Å²) in [6.07, 6.45) is 1.46. The summed E-state index contributed by atoms with van der Waals surface area (Å²) in [6, 6.07) is 22.0. The third-order valence-corrected chi connectivity index (χ3v) is 8.86. The van der Waals surface area contributed by atoms with E-state index in [9.17, 15) is 26.4 Å². The zero-order valence-electron chi connectivity index (χ0n) is 20.2. The molecule has 1 N–H and O–H groups in total. The van der Waals surface area contributed by atoms with Crippen molar-refractivity contribution in [1.82, 2.24) is 9.29 Å². The first kappa shape index (κ1) is 27.5. The van der Waals surface area contributed by atoms with Crippen molar-refractivity contribution in [1.29, 1.82) is 0 Å². The third-order valence-electron chi connectivity index (χ3n) is 6.76. The van der Waals surface area contributed by atoms with Crippen LogP contribution < -0.4 is 5.56 Å². The summed E-state index contributed by atoms with van der Waals surface area (Å²) in [5.74, 6) is -0.212. The first-order chi connectivity index (χ1) is 18.4. The van der Waals surface area contributed by atoms with Gasteiger partial charge in [-0.15, -0.1) is 0 Å². The number of aromatic amines is 1. The highest BCUT2D eigenvalue weighted by Gasteiger charge is 2.50. The monoisotopic (exact) mass is 592 g/mol. The molecule has 0 aliphatic carbocycles. The molecule has 5 nitrogen and oxygen atoms in total. The van der Waals surface area contributed by atoms with Gasteiger partial charge in [0.25, 0.3) is 0 Å². The van der Waals surface area contributed by atoms with Crippen molar-refractivity contribution in [3.8, 4) is 0 Å². The number of alkyl halides is 3. The molecule has 0 radical (unpaired) electrons. The smallest absolute Gasteiger partial charge is 0.322 e. The van der Waals surface area contributed by atoms with Crippen molar-refractivity contribution < 1.29 is 21.6 Å². The summed E-state index contributed by atoms with van der Waals surface area (Å²) in [5.41, 5.74) is -1.20. The maximum atomic E-state index is 13.0. The molecular formula is C28H21Cl2F3N2O3S. The van der Waals surface area contributed by atoms with Gasteiger partial charge in [0.2, 0.25) is 5.56 Å². The fourth-order valence-corrected chi connectivity index (χ4v) is 6.01. The van der Waals surface area contributed by atoms with E-state index in [1.807, 2.05) is 36.4 Å². The highest BCUT2D eigenvalue weighted by Crippen LogP contribution is 2.37. The molecule has 1 aliphatic heterocycles. The van der Waals surface area contributed by atoms with Gasteiger partial charge in [-0.2, -0.15) is 17.5 Å². The maximum Gasteiger partial charge on any atom is 0.511 e. The molecule has 1 aromatic heterocycles. The number of hydrogen-bond donors (Lipinski definition) is 1. The van der Waals surface area contributed by atoms with Crippen LogP contribution >= 0.6 is 23.2 Å². The number of rotatable bonds is 5. The fraction of sp³-hybridized carbons (Fsp3) is 0.179. The topological polar surface area (TPSA) is 70.2 Å². The molecule has 0 bridgehead atoms. The average Bonchev–Trinajstić information content (AvgIpc) is 2.90. The number of benzene rings is 3. The minimum absolute atomic E-state index is 0.0237. The Morgan fingerprint density at radius 3 is 1.92 bits per heavy atom. The summed E-state index contributed by atoms with van der Waals surface area (Å²) < 4.78 is 63.2. The molecule has 0 amide bonds. The van der Waals surface area contributed by atoms with Gasteiger partial charge < -0.3 is 4.98 Å². The zero-order chi connectivity index (χ0) is 27.9. The first-order valence-electron chi connectivity index (χ1n) is 11.9. The Kier molecular flexibility index (Phi) is 7.37. The first-order valence-corrected chi connectivity index (χ1v) is 14.1. The van der Waals surface area contributed by atoms with Crippen LogP contribution in [0, 0.1) is 0 Å². The Morgan fingerprint density at radius 1 is 0.846 bits per heavy atom. The van der Waals surface area contributed by atoms with Crippen LogP contribution in [0.25, 0.3) is 16.5 Å². The quantitative estimate of drug-likeness (QED) is 0.255. The van der Waals surface area contributed by atoms with Crippen molar-refractivity contribution in [3.05, 3.63) is 122 Å². The van der Waals surface area contributed by atoms with Crippen molar-refractivity contribution in [2.45, 2.75) is 17.8 Å². The Hall–Kier alpha value is -3.11. The number of nitrogens with one attached hydrogen (secondary N) is 1. The molecule has 0 unspecified atom stereocenters. The lowest BCUT2D eigenvalue weighted by molar-refractivity contribution is -0.0486. The van der Waals surface area contributed by atoms with Crippen LogP contribution in [-0.4, -0.2) is 36.3 Å². The third kappa shape index (κ3) is 5.49. The van der Waals surface area contributed by atoms with Gasteiger partial charge in [-0.25, -0.2) is 8.42 Å². The van der Waals surface area contributed by atoms with Crippen LogP contribution in [0.15, 0.2) is 83.7 Å². The molecule has 0 spiro atoms. The Balaban J connectivity index is 1.61. The highest BCUT2D eigenvalue weighted by atomic mass is 35.5. The van der Waals surface area contributed by atoms with E-state index < -0.39 is 22.1 Å². The molecule has 4 aromatic rings. The standard InChI is InChI=1S/C28H21Cl2F3N2O3S/c29-21-6-1-18(2-7-21)27(19-3-8-22(30)9-4-19)20-5-10-25-24(15-20)23(16-26(36)34-25)17-11-13-35(14-12-17)39(37,38)28(31,32)33/h1-11,15-16,27H,12-14H2,(H,34,36). The highest BCUT2D eigenvalue weighted by molar-refractivity contribution is 7.90. The number of fused-ring (bicyclic) bond motifs is 1. The number of hydrogen-bond acceptors (Lipinski definition) is 3. The van der Waals surface area contributed by atoms with Gasteiger partial charge >= 0.3 is 15.5 Å². The van der Waals surface area contributed by atoms with Crippen molar-refractivity contribution in [2.75, 3.05) is 13.1 Å². The number of sulfonamides is 1. The lowest BCUT2D eigenvalue weighted by atomic mass is 9.84. The minimum atomic E-state index is -5.44. The molecule has 0 fully saturated rings. The fourth-order valence-electron chi connectivity index (χ4n) is 4.86. The second-order valence-corrected chi connectivity index (χ2v) is 12.0. The predicted molar refractivity (Wildman–Crippen MR) is 148 cm³/mol. The average molecular weight is 593 g/mol. The number of nitrogens with zero attached hydrogens (tertiary/aromatic N) is 1. The number of pyridine rings is 1. The van der Waals surface area contributed by atoms with Crippen LogP contribution in [0.4, 0.5) is 13.2 Å². The molecule has 39 heavy (non-hydrogen) atoms. The van der Waals surface area contributed by atoms with E-state index in [1.165, 1.54) is 12.1 Å². The number of H-pyrrole nitrogens is 1. The lowest BCUT2D eigenvalue weighted by Gasteiger charge is -2.27. The van der Waals surface area contributed by atoms with Gasteiger partial charge in [0, 0.05) is 46.0 Å². The second kappa shape index (κ2) is 10.5. The van der Waals surface area contributed by atoms with Gasteiger partial charge in [-0.3, -0.25) is 4.79 Å². The molecule has 11 heteroatoms. The van der Waals surface area contributed by atoms with E-state index in [0.717, 1.165) is 16.7 Å². The minimum Gasteiger partial charge on any atom is -0.322 e. The van der Waals surface area contributed by atoms with Gasteiger partial charge in [-0.05, 0) is 70.6 Å². The Labute approximate surface area is 232 Å². The molecule has 202 valence electrons. The largest absolute Gasteiger partial charge is 0.511 e. The summed E-state index contributed by atoms with van der Waals surface area (Å²) in [6.45, 7) is -0.789. The van der Waals surface area contributed by atoms with Crippen LogP contribution in [0.1, 0.15) is 34.6 Å². The molecule has 5 rings (SSSR count). The zero-order valence-corrected chi connectivity index (χ0v) is 22.5. The van der Waals surface area contributed by atoms with Gasteiger partial charge in [0.05, 0.1) is 0 Å². The number of aromatic nitrogens is 1. The second-order valence-electron chi connectivity index (χ2n) is 9.18. The van der Waals surface area contributed by atoms with E-state index >= 15 is 0 Å². The van der Waals surface area contributed by atoms with E-state index in [-0.39, 0.29) is 24.4 Å². The molecular weight excluding hydrogens is 572 g/mol. The summed E-state index contributed by atoms with van der Waals surface area (Å²) >= 11 is 12.3. The van der Waals surface area contributed by atoms with Crippen LogP contribution in [-0.2, 0) is 10.0 Å². The summed E-state index contributed by atoms with van der Waals surface area (Å²) in [5, 5.41) is 1.88. The van der Waals surface area contributed by atoms with E-state index in [0.29, 0.717) is 36.4 Å². The van der Waals surface area contributed by atoms with Crippen molar-refractivity contribution in [2.24, 2.45) is 0 Å². The number of halogens is 5. The molecule has 2 heterocycles. The molecule has 0 saturated heterocycles. The molecule has 3 aromatic carbocycles. The Morgan fingerprint density at radius 2 is 1.41 bits per heavy atom. The van der Waals surface area contributed by atoms with Crippen LogP contribution in [0.5, 0.6) is 0 Å². The SMILES string of the molecule is O=c1cc(C2=CCN(S(=O)(=O)C(F)(F)F)CC2)c2cc(C(c3ccc(Cl)cc3)c3ccc(Cl)cc3)ccc2[nH]1. The van der Waals surface area contributed by atoms with E-state index in [2.05, 4.69) is 4.98 Å². The van der Waals surface area contributed by atoms with E-state index in [1.54, 1.807) is 30.3 Å². The molecule has 0 atom stereocenters. The molecule has 1 aliphatic rings. The van der Waals surface area contributed by atoms with Gasteiger partial charge in [0.1, 0.15) is 0 Å².